The summed E-state index contributed by atoms with van der Waals surface area (Å²) in [5.41, 5.74) is 2.90. The maximum atomic E-state index is 14.0. The van der Waals surface area contributed by atoms with Crippen LogP contribution >= 0.6 is 0 Å². The van der Waals surface area contributed by atoms with E-state index in [1.807, 2.05) is 78.4 Å². The zero-order valence-corrected chi connectivity index (χ0v) is 18.4. The lowest BCUT2D eigenvalue weighted by Gasteiger charge is -2.14. The topological polar surface area (TPSA) is 34.0 Å². The largest absolute Gasteiger partial charge is 0.419 e. The van der Waals surface area contributed by atoms with Gasteiger partial charge in [-0.3, -0.25) is 4.79 Å². The monoisotopic (exact) mass is 466 g/mol. The fraction of sp³-hybridized carbons (Fsp3) is 0.148. The summed E-state index contributed by atoms with van der Waals surface area (Å²) in [5, 5.41) is 2.74. The van der Waals surface area contributed by atoms with Gasteiger partial charge >= 0.3 is 6.18 Å². The second kappa shape index (κ2) is 9.55. The lowest BCUT2D eigenvalue weighted by atomic mass is 10.0. The number of aromatic nitrogens is 1. The molecule has 4 rings (SSSR count). The fourth-order valence-corrected chi connectivity index (χ4v) is 3.98. The molecule has 7 heteroatoms. The Morgan fingerprint density at radius 1 is 0.912 bits per heavy atom. The van der Waals surface area contributed by atoms with E-state index < -0.39 is 23.5 Å². The molecule has 0 fully saturated rings. The van der Waals surface area contributed by atoms with Crippen molar-refractivity contribution in [3.63, 3.8) is 0 Å². The highest BCUT2D eigenvalue weighted by Gasteiger charge is 2.34. The summed E-state index contributed by atoms with van der Waals surface area (Å²) in [4.78, 5) is 13.3. The lowest BCUT2D eigenvalue weighted by molar-refractivity contribution is -0.140. The average Bonchev–Trinajstić information content (AvgIpc) is 3.13. The Kier molecular flexibility index (Phi) is 6.54. The number of alkyl halides is 3. The minimum atomic E-state index is -4.77. The molecule has 1 heterocycles. The van der Waals surface area contributed by atoms with E-state index in [0.717, 1.165) is 28.3 Å². The van der Waals surface area contributed by atoms with Gasteiger partial charge in [0.15, 0.2) is 0 Å². The molecule has 0 radical (unpaired) electrons. The van der Waals surface area contributed by atoms with Crippen molar-refractivity contribution in [2.45, 2.75) is 26.2 Å². The highest BCUT2D eigenvalue weighted by molar-refractivity contribution is 6.00. The van der Waals surface area contributed by atoms with E-state index in [-0.39, 0.29) is 12.1 Å². The van der Waals surface area contributed by atoms with Crippen molar-refractivity contribution in [1.29, 1.82) is 0 Å². The minimum absolute atomic E-state index is 0.113. The molecule has 0 aliphatic rings. The van der Waals surface area contributed by atoms with Crippen LogP contribution in [-0.2, 0) is 19.3 Å². The Morgan fingerprint density at radius 2 is 1.56 bits per heavy atom. The third-order valence-electron chi connectivity index (χ3n) is 5.53. The van der Waals surface area contributed by atoms with Gasteiger partial charge in [0.2, 0.25) is 0 Å². The molecule has 1 N–H and O–H groups in total. The number of carbonyl (C=O) groups excluding carboxylic acids is 1. The summed E-state index contributed by atoms with van der Waals surface area (Å²) >= 11 is 0. The van der Waals surface area contributed by atoms with Crippen molar-refractivity contribution in [2.24, 2.45) is 0 Å². The van der Waals surface area contributed by atoms with Crippen molar-refractivity contribution >= 4 is 5.91 Å². The zero-order valence-electron chi connectivity index (χ0n) is 18.4. The summed E-state index contributed by atoms with van der Waals surface area (Å²) in [6.07, 6.45) is -2.87. The number of carbonyl (C=O) groups is 1. The number of amides is 1. The molecule has 0 spiro atoms. The number of rotatable bonds is 6. The van der Waals surface area contributed by atoms with Crippen LogP contribution in [0, 0.1) is 12.7 Å². The number of hydrogen-bond donors (Lipinski definition) is 1. The van der Waals surface area contributed by atoms with Crippen molar-refractivity contribution in [3.05, 3.63) is 119 Å². The first kappa shape index (κ1) is 23.3. The minimum Gasteiger partial charge on any atom is -0.347 e. The number of hydrogen-bond acceptors (Lipinski definition) is 1. The summed E-state index contributed by atoms with van der Waals surface area (Å²) in [6, 6.07) is 21.8. The average molecular weight is 466 g/mol. The predicted molar refractivity (Wildman–Crippen MR) is 123 cm³/mol. The second-order valence-electron chi connectivity index (χ2n) is 8.01. The molecule has 0 saturated heterocycles. The molecule has 0 aliphatic heterocycles. The van der Waals surface area contributed by atoms with Gasteiger partial charge in [-0.25, -0.2) is 4.39 Å². The van der Waals surface area contributed by atoms with Crippen LogP contribution in [0.1, 0.15) is 32.7 Å². The Morgan fingerprint density at radius 3 is 2.18 bits per heavy atom. The van der Waals surface area contributed by atoms with E-state index in [0.29, 0.717) is 18.3 Å². The van der Waals surface area contributed by atoms with Gasteiger partial charge < -0.3 is 9.88 Å². The molecule has 0 unspecified atom stereocenters. The van der Waals surface area contributed by atoms with Crippen LogP contribution in [-0.4, -0.2) is 10.5 Å². The van der Waals surface area contributed by atoms with E-state index >= 15 is 0 Å². The maximum Gasteiger partial charge on any atom is 0.419 e. The van der Waals surface area contributed by atoms with Gasteiger partial charge in [-0.05, 0) is 41.3 Å². The van der Waals surface area contributed by atoms with Gasteiger partial charge in [0.25, 0.3) is 5.91 Å². The smallest absolute Gasteiger partial charge is 0.347 e. The van der Waals surface area contributed by atoms with Crippen molar-refractivity contribution < 1.29 is 22.4 Å². The predicted octanol–water partition coefficient (Wildman–Crippen LogP) is 6.60. The van der Waals surface area contributed by atoms with Crippen LogP contribution in [0.4, 0.5) is 17.6 Å². The molecular formula is C27H22F4N2O. The fourth-order valence-electron chi connectivity index (χ4n) is 3.98. The molecule has 4 aromatic rings. The summed E-state index contributed by atoms with van der Waals surface area (Å²) < 4.78 is 54.3. The normalized spacial score (nSPS) is 11.4. The van der Waals surface area contributed by atoms with E-state index in [2.05, 4.69) is 5.32 Å². The Balaban J connectivity index is 1.65. The molecule has 1 aromatic heterocycles. The zero-order chi connectivity index (χ0) is 24.3. The molecule has 0 atom stereocenters. The molecule has 0 saturated carbocycles. The Bertz CT molecular complexity index is 1300. The van der Waals surface area contributed by atoms with Gasteiger partial charge in [0, 0.05) is 24.8 Å². The van der Waals surface area contributed by atoms with Crippen molar-refractivity contribution in [3.8, 4) is 11.1 Å². The molecule has 3 aromatic carbocycles. The Hall–Kier alpha value is -3.87. The molecule has 0 aliphatic carbocycles. The Labute approximate surface area is 194 Å². The SMILES string of the molecule is Cc1cn(Cc2ccccc2)c(C(=O)NCc2ccc(C(F)(F)F)c(F)c2)c1-c1ccccc1. The van der Waals surface area contributed by atoms with Gasteiger partial charge in [0.1, 0.15) is 11.5 Å². The van der Waals surface area contributed by atoms with Gasteiger partial charge in [0.05, 0.1) is 5.56 Å². The third-order valence-corrected chi connectivity index (χ3v) is 5.53. The summed E-state index contributed by atoms with van der Waals surface area (Å²) in [6.45, 7) is 2.27. The molecule has 3 nitrogen and oxygen atoms in total. The molecule has 174 valence electrons. The summed E-state index contributed by atoms with van der Waals surface area (Å²) in [7, 11) is 0. The van der Waals surface area contributed by atoms with Crippen molar-refractivity contribution in [2.75, 3.05) is 0 Å². The highest BCUT2D eigenvalue weighted by Crippen LogP contribution is 2.32. The van der Waals surface area contributed by atoms with E-state index in [9.17, 15) is 22.4 Å². The van der Waals surface area contributed by atoms with E-state index in [1.54, 1.807) is 0 Å². The number of nitrogens with one attached hydrogen (secondary N) is 1. The van der Waals surface area contributed by atoms with E-state index in [1.165, 1.54) is 6.07 Å². The lowest BCUT2D eigenvalue weighted by Crippen LogP contribution is -2.26. The van der Waals surface area contributed by atoms with Crippen LogP contribution in [0.15, 0.2) is 85.1 Å². The summed E-state index contributed by atoms with van der Waals surface area (Å²) in [5.74, 6) is -1.77. The van der Waals surface area contributed by atoms with Gasteiger partial charge in [-0.2, -0.15) is 13.2 Å². The quantitative estimate of drug-likeness (QED) is 0.319. The number of aryl methyl sites for hydroxylation is 1. The first-order chi connectivity index (χ1) is 16.2. The van der Waals surface area contributed by atoms with Crippen molar-refractivity contribution in [1.82, 2.24) is 9.88 Å². The molecule has 1 amide bonds. The van der Waals surface area contributed by atoms with Gasteiger partial charge in [-0.15, -0.1) is 0 Å². The number of nitrogens with zero attached hydrogens (tertiary/aromatic N) is 1. The van der Waals surface area contributed by atoms with Crippen LogP contribution < -0.4 is 5.32 Å². The standard InChI is InChI=1S/C27H22F4N2O/c1-18-16-33(17-19-8-4-2-5-9-19)25(24(18)21-10-6-3-7-11-21)26(34)32-15-20-12-13-22(23(28)14-20)27(29,30)31/h2-14,16H,15,17H2,1H3,(H,32,34). The van der Waals surface area contributed by atoms with Crippen LogP contribution in [0.5, 0.6) is 0 Å². The molecule has 0 bridgehead atoms. The number of halogens is 4. The third kappa shape index (κ3) is 5.03. The first-order valence-electron chi connectivity index (χ1n) is 10.7. The van der Waals surface area contributed by atoms with Crippen LogP contribution in [0.3, 0.4) is 0 Å². The molecular weight excluding hydrogens is 444 g/mol. The maximum absolute atomic E-state index is 14.0. The first-order valence-corrected chi connectivity index (χ1v) is 10.7. The van der Waals surface area contributed by atoms with E-state index in [4.69, 9.17) is 0 Å². The number of benzene rings is 3. The van der Waals surface area contributed by atoms with Crippen LogP contribution in [0.25, 0.3) is 11.1 Å². The second-order valence-corrected chi connectivity index (χ2v) is 8.01. The van der Waals surface area contributed by atoms with Crippen LogP contribution in [0.2, 0.25) is 0 Å². The van der Waals surface area contributed by atoms with Gasteiger partial charge in [-0.1, -0.05) is 66.7 Å². The highest BCUT2D eigenvalue weighted by atomic mass is 19.4. The molecule has 34 heavy (non-hydrogen) atoms.